The maximum atomic E-state index is 11.9. The fourth-order valence-corrected chi connectivity index (χ4v) is 3.13. The van der Waals surface area contributed by atoms with Gasteiger partial charge in [-0.3, -0.25) is 4.79 Å². The van der Waals surface area contributed by atoms with Crippen molar-refractivity contribution >= 4 is 39.9 Å². The zero-order valence-electron chi connectivity index (χ0n) is 11.5. The molecule has 114 valence electrons. The Kier molecular flexibility index (Phi) is 5.93. The van der Waals surface area contributed by atoms with E-state index in [0.29, 0.717) is 19.7 Å². The highest BCUT2D eigenvalue weighted by Crippen LogP contribution is 2.21. The second-order valence-electron chi connectivity index (χ2n) is 4.68. The third-order valence-corrected chi connectivity index (χ3v) is 4.29. The molecule has 2 N–H and O–H groups in total. The lowest BCUT2D eigenvalue weighted by atomic mass is 10.3. The van der Waals surface area contributed by atoms with Gasteiger partial charge >= 0.3 is 0 Å². The predicted molar refractivity (Wildman–Crippen MR) is 86.2 cm³/mol. The minimum absolute atomic E-state index is 0. The molecular weight excluding hydrogens is 310 g/mol. The van der Waals surface area contributed by atoms with E-state index in [-0.39, 0.29) is 24.4 Å². The van der Waals surface area contributed by atoms with Gasteiger partial charge in [0.25, 0.3) is 0 Å². The van der Waals surface area contributed by atoms with Crippen molar-refractivity contribution in [2.45, 2.75) is 12.5 Å². The summed E-state index contributed by atoms with van der Waals surface area (Å²) in [5.74, 6) is -0.0432. The number of carbonyl (C=O) groups is 1. The quantitative estimate of drug-likeness (QED) is 0.890. The van der Waals surface area contributed by atoms with Crippen LogP contribution >= 0.6 is 23.7 Å². The standard InChI is InChI=1S/C14H17N3O2S.ClH/c18-14(11-9-15-7-8-19-11)16-6-5-13-17-10-3-1-2-4-12(10)20-13;/h1-4,11,15H,5-9H2,(H,16,18);1H. The topological polar surface area (TPSA) is 63.2 Å². The first-order chi connectivity index (χ1) is 9.83. The number of aromatic nitrogens is 1. The molecule has 1 amide bonds. The van der Waals surface area contributed by atoms with Crippen LogP contribution in [0.1, 0.15) is 5.01 Å². The molecule has 3 rings (SSSR count). The lowest BCUT2D eigenvalue weighted by Crippen LogP contribution is -2.48. The monoisotopic (exact) mass is 327 g/mol. The molecule has 1 saturated heterocycles. The number of thiazole rings is 1. The first-order valence-corrected chi connectivity index (χ1v) is 7.59. The molecule has 0 radical (unpaired) electrons. The second kappa shape index (κ2) is 7.70. The molecule has 1 aromatic carbocycles. The summed E-state index contributed by atoms with van der Waals surface area (Å²) >= 11 is 1.68. The number of hydrogen-bond donors (Lipinski definition) is 2. The third-order valence-electron chi connectivity index (χ3n) is 3.20. The average molecular weight is 328 g/mol. The van der Waals surface area contributed by atoms with Crippen molar-refractivity contribution in [3.8, 4) is 0 Å². The van der Waals surface area contributed by atoms with E-state index >= 15 is 0 Å². The number of nitrogens with one attached hydrogen (secondary N) is 2. The van der Waals surface area contributed by atoms with Crippen molar-refractivity contribution in [1.29, 1.82) is 0 Å². The van der Waals surface area contributed by atoms with E-state index in [4.69, 9.17) is 4.74 Å². The highest BCUT2D eigenvalue weighted by atomic mass is 35.5. The number of para-hydroxylation sites is 1. The van der Waals surface area contributed by atoms with Crippen LogP contribution in [-0.4, -0.2) is 43.2 Å². The van der Waals surface area contributed by atoms with Crippen LogP contribution in [0.25, 0.3) is 10.2 Å². The van der Waals surface area contributed by atoms with Gasteiger partial charge in [0.15, 0.2) is 0 Å². The van der Waals surface area contributed by atoms with Crippen LogP contribution in [0.15, 0.2) is 24.3 Å². The molecule has 1 unspecified atom stereocenters. The van der Waals surface area contributed by atoms with Gasteiger partial charge in [0, 0.05) is 26.1 Å². The Bertz CT molecular complexity index is 566. The van der Waals surface area contributed by atoms with Crippen molar-refractivity contribution in [2.75, 3.05) is 26.2 Å². The van der Waals surface area contributed by atoms with E-state index in [2.05, 4.69) is 21.7 Å². The fraction of sp³-hybridized carbons (Fsp3) is 0.429. The molecule has 0 aliphatic carbocycles. The van der Waals surface area contributed by atoms with Crippen LogP contribution in [-0.2, 0) is 16.0 Å². The number of fused-ring (bicyclic) bond motifs is 1. The van der Waals surface area contributed by atoms with Gasteiger partial charge in [-0.1, -0.05) is 12.1 Å². The molecule has 2 aromatic rings. The van der Waals surface area contributed by atoms with Crippen molar-refractivity contribution < 1.29 is 9.53 Å². The molecule has 5 nitrogen and oxygen atoms in total. The third kappa shape index (κ3) is 4.14. The minimum atomic E-state index is -0.362. The molecule has 21 heavy (non-hydrogen) atoms. The summed E-state index contributed by atoms with van der Waals surface area (Å²) in [6.45, 7) is 2.59. The normalized spacial score (nSPS) is 18.2. The van der Waals surface area contributed by atoms with E-state index in [0.717, 1.165) is 23.5 Å². The number of morpholine rings is 1. The number of amides is 1. The molecule has 0 bridgehead atoms. The van der Waals surface area contributed by atoms with Gasteiger partial charge in [0.2, 0.25) is 5.91 Å². The number of ether oxygens (including phenoxy) is 1. The summed E-state index contributed by atoms with van der Waals surface area (Å²) < 4.78 is 6.59. The molecule has 1 aliphatic rings. The van der Waals surface area contributed by atoms with Crippen LogP contribution in [0, 0.1) is 0 Å². The van der Waals surface area contributed by atoms with Gasteiger partial charge in [-0.25, -0.2) is 4.98 Å². The second-order valence-corrected chi connectivity index (χ2v) is 5.80. The largest absolute Gasteiger partial charge is 0.366 e. The maximum Gasteiger partial charge on any atom is 0.250 e. The number of benzene rings is 1. The number of carbonyl (C=O) groups excluding carboxylic acids is 1. The fourth-order valence-electron chi connectivity index (χ4n) is 2.17. The Morgan fingerprint density at radius 2 is 2.33 bits per heavy atom. The Labute approximate surface area is 133 Å². The molecule has 2 heterocycles. The summed E-state index contributed by atoms with van der Waals surface area (Å²) in [4.78, 5) is 16.4. The molecule has 1 fully saturated rings. The Morgan fingerprint density at radius 3 is 3.10 bits per heavy atom. The van der Waals surface area contributed by atoms with Gasteiger partial charge in [-0.15, -0.1) is 23.7 Å². The number of halogens is 1. The molecule has 7 heteroatoms. The Hall–Kier alpha value is -1.21. The smallest absolute Gasteiger partial charge is 0.250 e. The molecule has 0 saturated carbocycles. The number of rotatable bonds is 4. The molecule has 1 aromatic heterocycles. The average Bonchev–Trinajstić information content (AvgIpc) is 2.90. The summed E-state index contributed by atoms with van der Waals surface area (Å²) in [6, 6.07) is 8.08. The van der Waals surface area contributed by atoms with Crippen LogP contribution < -0.4 is 10.6 Å². The van der Waals surface area contributed by atoms with E-state index in [1.165, 1.54) is 4.70 Å². The van der Waals surface area contributed by atoms with Gasteiger partial charge in [-0.2, -0.15) is 0 Å². The Morgan fingerprint density at radius 1 is 1.48 bits per heavy atom. The SMILES string of the molecule is Cl.O=C(NCCc1nc2ccccc2s1)C1CNCCO1. The summed E-state index contributed by atoms with van der Waals surface area (Å²) in [5.41, 5.74) is 1.03. The number of hydrogen-bond acceptors (Lipinski definition) is 5. The van der Waals surface area contributed by atoms with Crippen molar-refractivity contribution in [1.82, 2.24) is 15.6 Å². The molecule has 1 atom stereocenters. The van der Waals surface area contributed by atoms with E-state index in [9.17, 15) is 4.79 Å². The van der Waals surface area contributed by atoms with Crippen LogP contribution in [0.2, 0.25) is 0 Å². The molecule has 1 aliphatic heterocycles. The van der Waals surface area contributed by atoms with Gasteiger partial charge in [-0.05, 0) is 12.1 Å². The first kappa shape index (κ1) is 16.2. The van der Waals surface area contributed by atoms with Crippen molar-refractivity contribution in [3.63, 3.8) is 0 Å². The lowest BCUT2D eigenvalue weighted by Gasteiger charge is -2.22. The van der Waals surface area contributed by atoms with Crippen LogP contribution in [0.4, 0.5) is 0 Å². The zero-order valence-corrected chi connectivity index (χ0v) is 13.1. The summed E-state index contributed by atoms with van der Waals surface area (Å²) in [7, 11) is 0. The zero-order chi connectivity index (χ0) is 13.8. The highest BCUT2D eigenvalue weighted by molar-refractivity contribution is 7.18. The van der Waals surface area contributed by atoms with E-state index < -0.39 is 0 Å². The predicted octanol–water partition coefficient (Wildman–Crippen LogP) is 1.37. The van der Waals surface area contributed by atoms with Gasteiger partial charge < -0.3 is 15.4 Å². The lowest BCUT2D eigenvalue weighted by molar-refractivity contribution is -0.134. The van der Waals surface area contributed by atoms with Crippen molar-refractivity contribution in [3.05, 3.63) is 29.3 Å². The van der Waals surface area contributed by atoms with Crippen LogP contribution in [0.3, 0.4) is 0 Å². The summed E-state index contributed by atoms with van der Waals surface area (Å²) in [5, 5.41) is 7.10. The van der Waals surface area contributed by atoms with Gasteiger partial charge in [0.05, 0.1) is 21.8 Å². The van der Waals surface area contributed by atoms with Crippen molar-refractivity contribution in [2.24, 2.45) is 0 Å². The maximum absolute atomic E-state index is 11.9. The highest BCUT2D eigenvalue weighted by Gasteiger charge is 2.21. The minimum Gasteiger partial charge on any atom is -0.366 e. The molecule has 0 spiro atoms. The molecular formula is C14H18ClN3O2S. The van der Waals surface area contributed by atoms with E-state index in [1.807, 2.05) is 18.2 Å². The first-order valence-electron chi connectivity index (χ1n) is 6.77. The number of nitrogens with zero attached hydrogens (tertiary/aromatic N) is 1. The van der Waals surface area contributed by atoms with Crippen LogP contribution in [0.5, 0.6) is 0 Å². The Balaban J connectivity index is 0.00000161. The summed E-state index contributed by atoms with van der Waals surface area (Å²) in [6.07, 6.45) is 0.393. The van der Waals surface area contributed by atoms with E-state index in [1.54, 1.807) is 11.3 Å². The van der Waals surface area contributed by atoms with Gasteiger partial charge in [0.1, 0.15) is 6.10 Å².